The second-order valence-electron chi connectivity index (χ2n) is 4.64. The lowest BCUT2D eigenvalue weighted by atomic mass is 10.0. The van der Waals surface area contributed by atoms with Crippen molar-refractivity contribution in [1.29, 1.82) is 0 Å². The number of aliphatic carboxylic acids is 1. The van der Waals surface area contributed by atoms with E-state index in [1.807, 2.05) is 13.0 Å². The molecule has 1 aromatic rings. The molecule has 0 fully saturated rings. The maximum Gasteiger partial charge on any atom is 0.303 e. The van der Waals surface area contributed by atoms with Crippen molar-refractivity contribution in [2.24, 2.45) is 5.92 Å². The first-order valence-corrected chi connectivity index (χ1v) is 6.08. The van der Waals surface area contributed by atoms with Gasteiger partial charge in [0.2, 0.25) is 5.91 Å². The number of hydrogen-bond donors (Lipinski definition) is 2. The Kier molecular flexibility index (Phi) is 5.36. The summed E-state index contributed by atoms with van der Waals surface area (Å²) < 4.78 is 5.14. The van der Waals surface area contributed by atoms with E-state index < -0.39 is 5.97 Å². The molecule has 0 aliphatic carbocycles. The molecule has 1 atom stereocenters. The highest BCUT2D eigenvalue weighted by Gasteiger charge is 2.13. The van der Waals surface area contributed by atoms with Gasteiger partial charge in [0.1, 0.15) is 5.75 Å². The number of ether oxygens (including phenoxy) is 1. The van der Waals surface area contributed by atoms with E-state index in [9.17, 15) is 9.59 Å². The maximum absolute atomic E-state index is 11.7. The zero-order valence-corrected chi connectivity index (χ0v) is 11.4. The third-order valence-corrected chi connectivity index (χ3v) is 2.74. The summed E-state index contributed by atoms with van der Waals surface area (Å²) in [6.45, 7) is 3.63. The van der Waals surface area contributed by atoms with E-state index in [0.29, 0.717) is 5.69 Å². The third-order valence-electron chi connectivity index (χ3n) is 2.74. The fourth-order valence-electron chi connectivity index (χ4n) is 1.85. The molecule has 1 rings (SSSR count). The number of amides is 1. The normalized spacial score (nSPS) is 11.7. The van der Waals surface area contributed by atoms with Gasteiger partial charge in [-0.25, -0.2) is 0 Å². The summed E-state index contributed by atoms with van der Waals surface area (Å²) in [5.41, 5.74) is 1.62. The molecule has 5 heteroatoms. The summed E-state index contributed by atoms with van der Waals surface area (Å²) in [5.74, 6) is -0.493. The average Bonchev–Trinajstić information content (AvgIpc) is 2.27. The summed E-state index contributed by atoms with van der Waals surface area (Å²) in [5, 5.41) is 11.4. The minimum absolute atomic E-state index is 0.00490. The van der Waals surface area contributed by atoms with Crippen molar-refractivity contribution < 1.29 is 19.4 Å². The molecule has 1 amide bonds. The molecule has 0 saturated carbocycles. The summed E-state index contributed by atoms with van der Waals surface area (Å²) in [7, 11) is 1.59. The Morgan fingerprint density at radius 1 is 1.37 bits per heavy atom. The highest BCUT2D eigenvalue weighted by atomic mass is 16.5. The number of carbonyl (C=O) groups is 2. The lowest BCUT2D eigenvalue weighted by molar-refractivity contribution is -0.138. The number of rotatable bonds is 6. The summed E-state index contributed by atoms with van der Waals surface area (Å²) in [4.78, 5) is 22.3. The van der Waals surface area contributed by atoms with Crippen LogP contribution in [0.3, 0.4) is 0 Å². The summed E-state index contributed by atoms with van der Waals surface area (Å²) in [6.07, 6.45) is 0.187. The zero-order valence-electron chi connectivity index (χ0n) is 11.4. The monoisotopic (exact) mass is 265 g/mol. The Hall–Kier alpha value is -2.04. The number of anilines is 1. The fraction of sp³-hybridized carbons (Fsp3) is 0.429. The number of benzene rings is 1. The van der Waals surface area contributed by atoms with E-state index in [1.165, 1.54) is 0 Å². The molecule has 1 aromatic carbocycles. The predicted octanol–water partition coefficient (Wildman–Crippen LogP) is 2.44. The van der Waals surface area contributed by atoms with Crippen LogP contribution in [0.4, 0.5) is 5.69 Å². The summed E-state index contributed by atoms with van der Waals surface area (Å²) in [6, 6.07) is 5.36. The number of carboxylic acids is 1. The van der Waals surface area contributed by atoms with Crippen LogP contribution in [0, 0.1) is 12.8 Å². The molecule has 0 aromatic heterocycles. The molecule has 0 spiro atoms. The van der Waals surface area contributed by atoms with Gasteiger partial charge in [0, 0.05) is 18.5 Å². The second kappa shape index (κ2) is 6.78. The van der Waals surface area contributed by atoms with Crippen LogP contribution in [0.5, 0.6) is 5.75 Å². The molecule has 0 radical (unpaired) electrons. The first-order valence-electron chi connectivity index (χ1n) is 6.08. The van der Waals surface area contributed by atoms with Gasteiger partial charge in [-0.2, -0.15) is 0 Å². The van der Waals surface area contributed by atoms with Gasteiger partial charge >= 0.3 is 5.97 Å². The number of carbonyl (C=O) groups excluding carboxylic acids is 1. The topological polar surface area (TPSA) is 75.6 Å². The molecule has 19 heavy (non-hydrogen) atoms. The number of nitrogens with one attached hydrogen (secondary N) is 1. The van der Waals surface area contributed by atoms with Crippen molar-refractivity contribution in [3.63, 3.8) is 0 Å². The van der Waals surface area contributed by atoms with E-state index >= 15 is 0 Å². The number of aryl methyl sites for hydroxylation is 1. The lowest BCUT2D eigenvalue weighted by Crippen LogP contribution is -2.17. The van der Waals surface area contributed by atoms with Crippen LogP contribution in [0.25, 0.3) is 0 Å². The van der Waals surface area contributed by atoms with Crippen LogP contribution in [-0.4, -0.2) is 24.1 Å². The SMILES string of the molecule is COc1ccc(NC(=O)CC(C)CC(=O)O)cc1C. The third kappa shape index (κ3) is 4.99. The Labute approximate surface area is 112 Å². The molecular weight excluding hydrogens is 246 g/mol. The zero-order chi connectivity index (χ0) is 14.4. The van der Waals surface area contributed by atoms with Gasteiger partial charge in [-0.3, -0.25) is 9.59 Å². The molecule has 1 unspecified atom stereocenters. The van der Waals surface area contributed by atoms with E-state index in [1.54, 1.807) is 26.2 Å². The first kappa shape index (κ1) is 15.0. The molecular formula is C14H19NO4. The Bertz CT molecular complexity index is 471. The molecule has 0 aliphatic heterocycles. The molecule has 104 valence electrons. The van der Waals surface area contributed by atoms with Crippen molar-refractivity contribution in [3.8, 4) is 5.75 Å². The Morgan fingerprint density at radius 2 is 2.05 bits per heavy atom. The molecule has 5 nitrogen and oxygen atoms in total. The van der Waals surface area contributed by atoms with E-state index in [2.05, 4.69) is 5.32 Å². The van der Waals surface area contributed by atoms with Crippen LogP contribution in [0.1, 0.15) is 25.3 Å². The average molecular weight is 265 g/mol. The van der Waals surface area contributed by atoms with Crippen molar-refractivity contribution in [2.45, 2.75) is 26.7 Å². The van der Waals surface area contributed by atoms with Crippen LogP contribution < -0.4 is 10.1 Å². The van der Waals surface area contributed by atoms with Crippen LogP contribution in [-0.2, 0) is 9.59 Å². The van der Waals surface area contributed by atoms with Crippen molar-refractivity contribution in [1.82, 2.24) is 0 Å². The highest BCUT2D eigenvalue weighted by molar-refractivity contribution is 5.91. The van der Waals surface area contributed by atoms with Gasteiger partial charge in [0.05, 0.1) is 7.11 Å². The van der Waals surface area contributed by atoms with Crippen LogP contribution >= 0.6 is 0 Å². The molecule has 0 heterocycles. The molecule has 0 saturated heterocycles. The van der Waals surface area contributed by atoms with Gasteiger partial charge < -0.3 is 15.2 Å². The fourth-order valence-corrected chi connectivity index (χ4v) is 1.85. The van der Waals surface area contributed by atoms with E-state index in [-0.39, 0.29) is 24.7 Å². The van der Waals surface area contributed by atoms with Gasteiger partial charge in [0.15, 0.2) is 0 Å². The highest BCUT2D eigenvalue weighted by Crippen LogP contribution is 2.21. The van der Waals surface area contributed by atoms with E-state index in [4.69, 9.17) is 9.84 Å². The van der Waals surface area contributed by atoms with Crippen molar-refractivity contribution in [3.05, 3.63) is 23.8 Å². The number of methoxy groups -OCH3 is 1. The van der Waals surface area contributed by atoms with Crippen molar-refractivity contribution >= 4 is 17.6 Å². The minimum atomic E-state index is -0.888. The number of carboxylic acid groups (broad SMARTS) is 1. The standard InChI is InChI=1S/C14H19NO4/c1-9(7-14(17)18)6-13(16)15-11-4-5-12(19-3)10(2)8-11/h4-5,8-9H,6-7H2,1-3H3,(H,15,16)(H,17,18). The summed E-state index contributed by atoms with van der Waals surface area (Å²) >= 11 is 0. The maximum atomic E-state index is 11.7. The number of hydrogen-bond acceptors (Lipinski definition) is 3. The predicted molar refractivity (Wildman–Crippen MR) is 72.4 cm³/mol. The van der Waals surface area contributed by atoms with Crippen LogP contribution in [0.2, 0.25) is 0 Å². The first-order chi connectivity index (χ1) is 8.92. The van der Waals surface area contributed by atoms with Gasteiger partial charge in [-0.15, -0.1) is 0 Å². The Morgan fingerprint density at radius 3 is 2.58 bits per heavy atom. The van der Waals surface area contributed by atoms with E-state index in [0.717, 1.165) is 11.3 Å². The molecule has 0 aliphatic rings. The van der Waals surface area contributed by atoms with Crippen LogP contribution in [0.15, 0.2) is 18.2 Å². The smallest absolute Gasteiger partial charge is 0.303 e. The largest absolute Gasteiger partial charge is 0.496 e. The van der Waals surface area contributed by atoms with Crippen molar-refractivity contribution in [2.75, 3.05) is 12.4 Å². The van der Waals surface area contributed by atoms with Gasteiger partial charge in [-0.1, -0.05) is 6.92 Å². The Balaban J connectivity index is 2.57. The quantitative estimate of drug-likeness (QED) is 0.828. The van der Waals surface area contributed by atoms with Gasteiger partial charge in [-0.05, 0) is 36.6 Å². The second-order valence-corrected chi connectivity index (χ2v) is 4.64. The van der Waals surface area contributed by atoms with Gasteiger partial charge in [0.25, 0.3) is 0 Å². The minimum Gasteiger partial charge on any atom is -0.496 e. The molecule has 0 bridgehead atoms. The lowest BCUT2D eigenvalue weighted by Gasteiger charge is -2.11. The molecule has 2 N–H and O–H groups in total.